The zero-order chi connectivity index (χ0) is 20.7. The maximum atomic E-state index is 5.96. The second kappa shape index (κ2) is 14.2. The zero-order valence-corrected chi connectivity index (χ0v) is 18.3. The van der Waals surface area contributed by atoms with Crippen molar-refractivity contribution >= 4 is 5.96 Å². The van der Waals surface area contributed by atoms with Gasteiger partial charge in [0.2, 0.25) is 0 Å². The first kappa shape index (κ1) is 23.4. The Balaban J connectivity index is 1.69. The van der Waals surface area contributed by atoms with E-state index in [1.54, 1.807) is 14.2 Å². The van der Waals surface area contributed by atoms with Crippen LogP contribution in [0.1, 0.15) is 30.4 Å². The predicted molar refractivity (Wildman–Crippen MR) is 118 cm³/mol. The third-order valence-electron chi connectivity index (χ3n) is 4.94. The Hall–Kier alpha value is -1.83. The van der Waals surface area contributed by atoms with Crippen LogP contribution in [-0.4, -0.2) is 77.6 Å². The van der Waals surface area contributed by atoms with Crippen LogP contribution in [0.15, 0.2) is 23.2 Å². The first-order valence-electron chi connectivity index (χ1n) is 10.7. The lowest BCUT2D eigenvalue weighted by atomic mass is 10.1. The van der Waals surface area contributed by atoms with Crippen LogP contribution in [0.2, 0.25) is 0 Å². The minimum Gasteiger partial charge on any atom is -0.493 e. The summed E-state index contributed by atoms with van der Waals surface area (Å²) in [5, 5.41) is 6.80. The molecule has 1 aromatic carbocycles. The fraction of sp³-hybridized carbons (Fsp3) is 0.682. The Morgan fingerprint density at radius 3 is 2.72 bits per heavy atom. The number of guanidine groups is 1. The van der Waals surface area contributed by atoms with Gasteiger partial charge in [0.25, 0.3) is 0 Å². The van der Waals surface area contributed by atoms with Crippen LogP contribution in [0, 0.1) is 6.92 Å². The monoisotopic (exact) mass is 406 g/mol. The minimum atomic E-state index is 0.653. The van der Waals surface area contributed by atoms with Gasteiger partial charge in [-0.2, -0.15) is 0 Å². The summed E-state index contributed by atoms with van der Waals surface area (Å²) in [5.41, 5.74) is 2.32. The van der Waals surface area contributed by atoms with Gasteiger partial charge in [-0.05, 0) is 37.9 Å². The van der Waals surface area contributed by atoms with E-state index in [1.165, 1.54) is 12.0 Å². The van der Waals surface area contributed by atoms with Crippen molar-refractivity contribution in [2.75, 3.05) is 66.8 Å². The molecule has 7 nitrogen and oxygen atoms in total. The van der Waals surface area contributed by atoms with Crippen LogP contribution in [-0.2, 0) is 16.0 Å². The Morgan fingerprint density at radius 2 is 1.97 bits per heavy atom. The molecular weight excluding hydrogens is 368 g/mol. The van der Waals surface area contributed by atoms with Crippen LogP contribution in [0.4, 0.5) is 0 Å². The van der Waals surface area contributed by atoms with Crippen LogP contribution in [0.5, 0.6) is 5.75 Å². The smallest absolute Gasteiger partial charge is 0.191 e. The zero-order valence-electron chi connectivity index (χ0n) is 18.3. The molecule has 1 aliphatic heterocycles. The topological polar surface area (TPSA) is 67.4 Å². The lowest BCUT2D eigenvalue weighted by molar-refractivity contribution is 0.0372. The molecule has 1 heterocycles. The van der Waals surface area contributed by atoms with E-state index in [9.17, 15) is 0 Å². The number of nitrogens with zero attached hydrogens (tertiary/aromatic N) is 2. The molecule has 0 aromatic heterocycles. The number of aliphatic imine (C=N–C) groups is 1. The molecule has 2 rings (SSSR count). The highest BCUT2D eigenvalue weighted by molar-refractivity contribution is 5.79. The van der Waals surface area contributed by atoms with Crippen molar-refractivity contribution in [3.63, 3.8) is 0 Å². The summed E-state index contributed by atoms with van der Waals surface area (Å²) in [6.45, 7) is 10.0. The molecule has 1 aliphatic rings. The van der Waals surface area contributed by atoms with Gasteiger partial charge in [-0.25, -0.2) is 0 Å². The number of morpholine rings is 1. The van der Waals surface area contributed by atoms with Crippen molar-refractivity contribution in [2.45, 2.75) is 32.7 Å². The normalized spacial score (nSPS) is 15.3. The number of aryl methyl sites for hydroxylation is 1. The lowest BCUT2D eigenvalue weighted by Gasteiger charge is -2.26. The number of benzene rings is 1. The summed E-state index contributed by atoms with van der Waals surface area (Å²) >= 11 is 0. The summed E-state index contributed by atoms with van der Waals surface area (Å²) in [5.74, 6) is 1.75. The van der Waals surface area contributed by atoms with Crippen molar-refractivity contribution < 1.29 is 14.2 Å². The van der Waals surface area contributed by atoms with Gasteiger partial charge in [0.15, 0.2) is 5.96 Å². The van der Waals surface area contributed by atoms with Crippen molar-refractivity contribution in [2.24, 2.45) is 4.99 Å². The predicted octanol–water partition coefficient (Wildman–Crippen LogP) is 2.19. The largest absolute Gasteiger partial charge is 0.493 e. The molecule has 2 N–H and O–H groups in total. The molecule has 0 radical (unpaired) electrons. The lowest BCUT2D eigenvalue weighted by Crippen LogP contribution is -2.38. The van der Waals surface area contributed by atoms with Crippen LogP contribution < -0.4 is 15.4 Å². The molecule has 1 aromatic rings. The molecule has 1 fully saturated rings. The highest BCUT2D eigenvalue weighted by atomic mass is 16.5. The number of unbranched alkanes of at least 4 members (excludes halogenated alkanes) is 1. The maximum Gasteiger partial charge on any atom is 0.191 e. The second-order valence-corrected chi connectivity index (χ2v) is 7.32. The molecule has 29 heavy (non-hydrogen) atoms. The number of nitrogens with one attached hydrogen (secondary N) is 2. The molecule has 0 atom stereocenters. The van der Waals surface area contributed by atoms with Crippen molar-refractivity contribution in [3.05, 3.63) is 29.3 Å². The summed E-state index contributed by atoms with van der Waals surface area (Å²) in [4.78, 5) is 6.81. The molecule has 7 heteroatoms. The highest BCUT2D eigenvalue weighted by Gasteiger charge is 2.09. The molecule has 0 bridgehead atoms. The van der Waals surface area contributed by atoms with E-state index in [4.69, 9.17) is 14.2 Å². The van der Waals surface area contributed by atoms with E-state index >= 15 is 0 Å². The van der Waals surface area contributed by atoms with Crippen LogP contribution in [0.25, 0.3) is 0 Å². The highest BCUT2D eigenvalue weighted by Crippen LogP contribution is 2.20. The molecule has 0 saturated carbocycles. The van der Waals surface area contributed by atoms with E-state index in [1.807, 2.05) is 0 Å². The SMILES string of the molecule is CN=C(NCCCCN1CCOCC1)NCc1ccc(C)cc1OCCCOC. The van der Waals surface area contributed by atoms with Gasteiger partial charge in [-0.3, -0.25) is 9.89 Å². The van der Waals surface area contributed by atoms with Gasteiger partial charge in [-0.1, -0.05) is 12.1 Å². The molecular formula is C22H38N4O3. The number of hydrogen-bond donors (Lipinski definition) is 2. The number of methoxy groups -OCH3 is 1. The Morgan fingerprint density at radius 1 is 1.14 bits per heavy atom. The summed E-state index contributed by atoms with van der Waals surface area (Å²) < 4.78 is 16.4. The summed E-state index contributed by atoms with van der Waals surface area (Å²) in [6, 6.07) is 6.32. The quantitative estimate of drug-likeness (QED) is 0.315. The van der Waals surface area contributed by atoms with Crippen LogP contribution in [0.3, 0.4) is 0 Å². The molecule has 164 valence electrons. The van der Waals surface area contributed by atoms with Crippen molar-refractivity contribution in [3.8, 4) is 5.75 Å². The standard InChI is InChI=1S/C22H38N4O3/c1-19-7-8-20(21(17-19)29-14-6-13-27-3)18-25-22(23-2)24-9-4-5-10-26-11-15-28-16-12-26/h7-8,17H,4-6,9-16,18H2,1-3H3,(H2,23,24,25). The van der Waals surface area contributed by atoms with Gasteiger partial charge in [-0.15, -0.1) is 0 Å². The van der Waals surface area contributed by atoms with Gasteiger partial charge >= 0.3 is 0 Å². The molecule has 0 spiro atoms. The Labute approximate surface area is 175 Å². The van der Waals surface area contributed by atoms with Crippen molar-refractivity contribution in [1.82, 2.24) is 15.5 Å². The minimum absolute atomic E-state index is 0.653. The number of ether oxygens (including phenoxy) is 3. The maximum absolute atomic E-state index is 5.96. The van der Waals surface area contributed by atoms with Crippen LogP contribution >= 0.6 is 0 Å². The average Bonchev–Trinajstić information content (AvgIpc) is 2.75. The van der Waals surface area contributed by atoms with Crippen molar-refractivity contribution in [1.29, 1.82) is 0 Å². The molecule has 0 aliphatic carbocycles. The number of rotatable bonds is 12. The van der Waals surface area contributed by atoms with E-state index in [0.717, 1.165) is 69.5 Å². The Kier molecular flexibility index (Phi) is 11.5. The summed E-state index contributed by atoms with van der Waals surface area (Å²) in [6.07, 6.45) is 3.18. The van der Waals surface area contributed by atoms with Gasteiger partial charge < -0.3 is 24.8 Å². The van der Waals surface area contributed by atoms with E-state index in [2.05, 4.69) is 45.6 Å². The Bertz CT molecular complexity index is 604. The van der Waals surface area contributed by atoms with Gasteiger partial charge in [0, 0.05) is 58.9 Å². The van der Waals surface area contributed by atoms with Gasteiger partial charge in [0.05, 0.1) is 19.8 Å². The van der Waals surface area contributed by atoms with E-state index in [-0.39, 0.29) is 0 Å². The fourth-order valence-corrected chi connectivity index (χ4v) is 3.22. The molecule has 0 unspecified atom stereocenters. The molecule has 0 amide bonds. The second-order valence-electron chi connectivity index (χ2n) is 7.32. The average molecular weight is 407 g/mol. The fourth-order valence-electron chi connectivity index (χ4n) is 3.22. The molecule has 1 saturated heterocycles. The first-order chi connectivity index (χ1) is 14.2. The summed E-state index contributed by atoms with van der Waals surface area (Å²) in [7, 11) is 3.52. The third-order valence-corrected chi connectivity index (χ3v) is 4.94. The first-order valence-corrected chi connectivity index (χ1v) is 10.7. The van der Waals surface area contributed by atoms with E-state index < -0.39 is 0 Å². The number of hydrogen-bond acceptors (Lipinski definition) is 5. The van der Waals surface area contributed by atoms with E-state index in [0.29, 0.717) is 19.8 Å². The van der Waals surface area contributed by atoms with Gasteiger partial charge in [0.1, 0.15) is 5.75 Å². The third kappa shape index (κ3) is 9.47.